The number of nitrogens with zero attached hydrogens (tertiary/aromatic N) is 1. The molecule has 0 unspecified atom stereocenters. The van der Waals surface area contributed by atoms with Crippen LogP contribution in [0.25, 0.3) is 0 Å². The fourth-order valence-corrected chi connectivity index (χ4v) is 1.45. The van der Waals surface area contributed by atoms with Crippen molar-refractivity contribution in [1.82, 2.24) is 4.31 Å². The minimum atomic E-state index is -3.88. The van der Waals surface area contributed by atoms with Crippen LogP contribution in [0.5, 0.6) is 0 Å². The Morgan fingerprint density at radius 2 is 1.94 bits per heavy atom. The van der Waals surface area contributed by atoms with Gasteiger partial charge in [-0.15, -0.1) is 0 Å². The number of esters is 1. The number of carbonyl (C=O) groups excluding carboxylic acids is 1. The van der Waals surface area contributed by atoms with E-state index in [2.05, 4.69) is 0 Å². The van der Waals surface area contributed by atoms with Crippen molar-refractivity contribution in [1.29, 1.82) is 0 Å². The number of carbonyl (C=O) groups is 1. The van der Waals surface area contributed by atoms with Gasteiger partial charge in [0.25, 0.3) is 9.24 Å². The summed E-state index contributed by atoms with van der Waals surface area (Å²) in [5.41, 5.74) is 0.831. The predicted molar refractivity (Wildman–Crippen MR) is 63.6 cm³/mol. The normalized spacial score (nSPS) is 11.5. The van der Waals surface area contributed by atoms with Crippen LogP contribution in [-0.4, -0.2) is 32.3 Å². The topological polar surface area (TPSA) is 63.7 Å². The first kappa shape index (κ1) is 14.0. The third kappa shape index (κ3) is 5.16. The first-order valence-electron chi connectivity index (χ1n) is 4.75. The van der Waals surface area contributed by atoms with E-state index in [1.54, 1.807) is 12.1 Å². The van der Waals surface area contributed by atoms with Gasteiger partial charge >= 0.3 is 5.97 Å². The molecule has 17 heavy (non-hydrogen) atoms. The van der Waals surface area contributed by atoms with E-state index in [1.807, 2.05) is 18.2 Å². The van der Waals surface area contributed by atoms with Crippen molar-refractivity contribution in [3.8, 4) is 0 Å². The fraction of sp³-hybridized carbons (Fsp3) is 0.300. The lowest BCUT2D eigenvalue weighted by Gasteiger charge is -2.11. The summed E-state index contributed by atoms with van der Waals surface area (Å²) in [7, 11) is 2.36. The lowest BCUT2D eigenvalue weighted by Crippen LogP contribution is -2.29. The number of likely N-dealkylation sites (N-methyl/N-ethyl adjacent to an activating group) is 1. The molecule has 1 rings (SSSR count). The molecule has 0 aliphatic heterocycles. The Morgan fingerprint density at radius 1 is 1.35 bits per heavy atom. The summed E-state index contributed by atoms with van der Waals surface area (Å²) in [5.74, 6) is -0.652. The van der Waals surface area contributed by atoms with Gasteiger partial charge in [0.1, 0.15) is 13.2 Å². The lowest BCUT2D eigenvalue weighted by molar-refractivity contribution is -0.144. The van der Waals surface area contributed by atoms with Crippen molar-refractivity contribution >= 4 is 25.9 Å². The zero-order valence-corrected chi connectivity index (χ0v) is 10.7. The van der Waals surface area contributed by atoms with Crippen LogP contribution in [0.1, 0.15) is 5.56 Å². The number of hydrogen-bond donors (Lipinski definition) is 0. The van der Waals surface area contributed by atoms with E-state index < -0.39 is 21.8 Å². The maximum absolute atomic E-state index is 11.3. The summed E-state index contributed by atoms with van der Waals surface area (Å²) in [6, 6.07) is 9.08. The molecule has 7 heteroatoms. The first-order valence-corrected chi connectivity index (χ1v) is 7.01. The van der Waals surface area contributed by atoms with Gasteiger partial charge in [0.15, 0.2) is 0 Å². The van der Waals surface area contributed by atoms with Crippen molar-refractivity contribution in [3.05, 3.63) is 35.9 Å². The third-order valence-corrected chi connectivity index (χ3v) is 3.55. The number of ether oxygens (including phenoxy) is 1. The van der Waals surface area contributed by atoms with Gasteiger partial charge in [-0.25, -0.2) is 0 Å². The second kappa shape index (κ2) is 6.00. The van der Waals surface area contributed by atoms with E-state index in [-0.39, 0.29) is 6.61 Å². The summed E-state index contributed by atoms with van der Waals surface area (Å²) in [6.45, 7) is -0.297. The molecule has 0 heterocycles. The van der Waals surface area contributed by atoms with Crippen LogP contribution in [0.3, 0.4) is 0 Å². The molecule has 0 fully saturated rings. The second-order valence-corrected chi connectivity index (χ2v) is 5.96. The highest BCUT2D eigenvalue weighted by Gasteiger charge is 2.18. The highest BCUT2D eigenvalue weighted by molar-refractivity contribution is 8.11. The van der Waals surface area contributed by atoms with Gasteiger partial charge in [0, 0.05) is 17.7 Å². The highest BCUT2D eigenvalue weighted by atomic mass is 35.7. The maximum Gasteiger partial charge on any atom is 0.321 e. The van der Waals surface area contributed by atoms with Gasteiger partial charge in [-0.1, -0.05) is 30.3 Å². The van der Waals surface area contributed by atoms with E-state index in [0.29, 0.717) is 4.31 Å². The van der Waals surface area contributed by atoms with Crippen LogP contribution >= 0.6 is 10.7 Å². The number of halogens is 1. The molecule has 0 radical (unpaired) electrons. The van der Waals surface area contributed by atoms with Crippen molar-refractivity contribution in [3.63, 3.8) is 0 Å². The standard InChI is InChI=1S/C10H12ClNO4S/c1-12(17(11,14)15)7-10(13)16-8-9-5-3-2-4-6-9/h2-6H,7-8H2,1H3. The molecular weight excluding hydrogens is 266 g/mol. The summed E-state index contributed by atoms with van der Waals surface area (Å²) in [4.78, 5) is 11.3. The molecule has 0 saturated heterocycles. The van der Waals surface area contributed by atoms with Crippen molar-refractivity contribution in [2.75, 3.05) is 13.6 Å². The Morgan fingerprint density at radius 3 is 2.47 bits per heavy atom. The molecule has 0 N–H and O–H groups in total. The van der Waals surface area contributed by atoms with Crippen molar-refractivity contribution < 1.29 is 17.9 Å². The summed E-state index contributed by atoms with van der Waals surface area (Å²) in [5, 5.41) is 0. The van der Waals surface area contributed by atoms with E-state index in [1.165, 1.54) is 7.05 Å². The lowest BCUT2D eigenvalue weighted by atomic mass is 10.2. The molecule has 0 amide bonds. The Bertz CT molecular complexity index is 474. The predicted octanol–water partition coefficient (Wildman–Crippen LogP) is 1.15. The molecule has 0 aliphatic carbocycles. The molecule has 0 spiro atoms. The summed E-state index contributed by atoms with van der Waals surface area (Å²) < 4.78 is 27.2. The second-order valence-electron chi connectivity index (χ2n) is 3.34. The Hall–Kier alpha value is -1.11. The largest absolute Gasteiger partial charge is 0.460 e. The first-order chi connectivity index (χ1) is 7.89. The van der Waals surface area contributed by atoms with Gasteiger partial charge in [-0.05, 0) is 5.56 Å². The van der Waals surface area contributed by atoms with Gasteiger partial charge in [0.2, 0.25) is 0 Å². The molecule has 0 aromatic heterocycles. The molecule has 1 aromatic carbocycles. The minimum Gasteiger partial charge on any atom is -0.460 e. The molecule has 5 nitrogen and oxygen atoms in total. The van der Waals surface area contributed by atoms with E-state index >= 15 is 0 Å². The van der Waals surface area contributed by atoms with Crippen molar-refractivity contribution in [2.24, 2.45) is 0 Å². The summed E-state index contributed by atoms with van der Waals surface area (Å²) >= 11 is 0. The number of hydrogen-bond acceptors (Lipinski definition) is 4. The Balaban J connectivity index is 2.41. The zero-order chi connectivity index (χ0) is 12.9. The fourth-order valence-electron chi connectivity index (χ4n) is 1.04. The van der Waals surface area contributed by atoms with Crippen LogP contribution < -0.4 is 0 Å². The summed E-state index contributed by atoms with van der Waals surface area (Å²) in [6.07, 6.45) is 0. The van der Waals surface area contributed by atoms with Crippen LogP contribution in [0, 0.1) is 0 Å². The molecule has 0 atom stereocenters. The van der Waals surface area contributed by atoms with Gasteiger partial charge in [0.05, 0.1) is 0 Å². The van der Waals surface area contributed by atoms with Crippen LogP contribution in [0.2, 0.25) is 0 Å². The van der Waals surface area contributed by atoms with Gasteiger partial charge < -0.3 is 4.74 Å². The highest BCUT2D eigenvalue weighted by Crippen LogP contribution is 2.04. The molecule has 94 valence electrons. The quantitative estimate of drug-likeness (QED) is 0.598. The Labute approximate surface area is 104 Å². The van der Waals surface area contributed by atoms with Crippen LogP contribution in [-0.2, 0) is 25.4 Å². The monoisotopic (exact) mass is 277 g/mol. The average molecular weight is 278 g/mol. The molecule has 0 aliphatic rings. The zero-order valence-electron chi connectivity index (χ0n) is 9.17. The van der Waals surface area contributed by atoms with E-state index in [4.69, 9.17) is 15.4 Å². The molecule has 1 aromatic rings. The van der Waals surface area contributed by atoms with Crippen LogP contribution in [0.4, 0.5) is 0 Å². The SMILES string of the molecule is CN(CC(=O)OCc1ccccc1)S(=O)(=O)Cl. The Kier molecular flexibility index (Phi) is 4.92. The van der Waals surface area contributed by atoms with E-state index in [9.17, 15) is 13.2 Å². The van der Waals surface area contributed by atoms with Gasteiger partial charge in [-0.3, -0.25) is 4.79 Å². The smallest absolute Gasteiger partial charge is 0.321 e. The molecule has 0 bridgehead atoms. The third-order valence-electron chi connectivity index (χ3n) is 1.97. The molecule has 0 saturated carbocycles. The maximum atomic E-state index is 11.3. The van der Waals surface area contributed by atoms with Gasteiger partial charge in [-0.2, -0.15) is 12.7 Å². The van der Waals surface area contributed by atoms with Crippen molar-refractivity contribution in [2.45, 2.75) is 6.61 Å². The number of benzene rings is 1. The average Bonchev–Trinajstić information content (AvgIpc) is 2.26. The minimum absolute atomic E-state index is 0.107. The van der Waals surface area contributed by atoms with Crippen LogP contribution in [0.15, 0.2) is 30.3 Å². The number of rotatable bonds is 5. The molecular formula is C10H12ClNO4S. The van der Waals surface area contributed by atoms with E-state index in [0.717, 1.165) is 5.56 Å².